The van der Waals surface area contributed by atoms with Crippen molar-refractivity contribution in [3.63, 3.8) is 0 Å². The summed E-state index contributed by atoms with van der Waals surface area (Å²) in [7, 11) is 0. The van der Waals surface area contributed by atoms with Gasteiger partial charge in [0, 0.05) is 13.0 Å². The van der Waals surface area contributed by atoms with Crippen molar-refractivity contribution in [1.29, 1.82) is 0 Å². The number of aromatic nitrogens is 2. The highest BCUT2D eigenvalue weighted by molar-refractivity contribution is 5.75. The minimum atomic E-state index is -0.140. The first-order valence-corrected chi connectivity index (χ1v) is 7.91. The van der Waals surface area contributed by atoms with E-state index in [1.54, 1.807) is 0 Å². The molecule has 2 atom stereocenters. The summed E-state index contributed by atoms with van der Waals surface area (Å²) in [5.74, 6) is 1.54. The molecule has 1 aliphatic rings. The number of hydrogen-bond donors (Lipinski definition) is 1. The van der Waals surface area contributed by atoms with Crippen LogP contribution in [0, 0.1) is 5.92 Å². The molecule has 0 radical (unpaired) electrons. The van der Waals surface area contributed by atoms with Crippen LogP contribution in [0.3, 0.4) is 0 Å². The van der Waals surface area contributed by atoms with Crippen molar-refractivity contribution in [2.24, 2.45) is 5.92 Å². The fourth-order valence-corrected chi connectivity index (χ4v) is 3.42. The van der Waals surface area contributed by atoms with Gasteiger partial charge in [0.15, 0.2) is 0 Å². The zero-order valence-electron chi connectivity index (χ0n) is 12.3. The number of benzene rings is 1. The summed E-state index contributed by atoms with van der Waals surface area (Å²) in [5, 5.41) is 10.2. The molecular formula is C17H24N2O. The minimum absolute atomic E-state index is 0.140. The molecule has 0 aliphatic heterocycles. The molecule has 1 aromatic carbocycles. The van der Waals surface area contributed by atoms with Crippen molar-refractivity contribution in [2.45, 2.75) is 58.1 Å². The van der Waals surface area contributed by atoms with Gasteiger partial charge in [-0.1, -0.05) is 31.9 Å². The first-order chi connectivity index (χ1) is 9.79. The van der Waals surface area contributed by atoms with Gasteiger partial charge in [-0.05, 0) is 37.3 Å². The Morgan fingerprint density at radius 3 is 2.85 bits per heavy atom. The molecule has 2 aromatic rings. The standard InChI is InChI=1S/C17H24N2O/c1-2-11-19-15-9-5-4-8-14(15)18-17(19)12-13-7-3-6-10-16(13)20/h4-5,8-9,13,16,20H,2-3,6-7,10-12H2,1H3. The van der Waals surface area contributed by atoms with Crippen LogP contribution in [0.2, 0.25) is 0 Å². The highest BCUT2D eigenvalue weighted by Gasteiger charge is 2.25. The van der Waals surface area contributed by atoms with E-state index >= 15 is 0 Å². The van der Waals surface area contributed by atoms with E-state index in [4.69, 9.17) is 4.98 Å². The first-order valence-electron chi connectivity index (χ1n) is 7.91. The van der Waals surface area contributed by atoms with Crippen LogP contribution in [0.5, 0.6) is 0 Å². The molecular weight excluding hydrogens is 248 g/mol. The zero-order valence-corrected chi connectivity index (χ0v) is 12.3. The summed E-state index contributed by atoms with van der Waals surface area (Å²) in [4.78, 5) is 4.81. The third kappa shape index (κ3) is 2.59. The lowest BCUT2D eigenvalue weighted by Crippen LogP contribution is -2.27. The van der Waals surface area contributed by atoms with Crippen LogP contribution >= 0.6 is 0 Å². The second kappa shape index (κ2) is 5.96. The summed E-state index contributed by atoms with van der Waals surface area (Å²) < 4.78 is 2.34. The van der Waals surface area contributed by atoms with Crippen molar-refractivity contribution in [2.75, 3.05) is 0 Å². The summed E-state index contributed by atoms with van der Waals surface area (Å²) in [6.45, 7) is 3.21. The molecule has 108 valence electrons. The van der Waals surface area contributed by atoms with Crippen molar-refractivity contribution < 1.29 is 5.11 Å². The van der Waals surface area contributed by atoms with E-state index < -0.39 is 0 Å². The van der Waals surface area contributed by atoms with Crippen LogP contribution in [0.1, 0.15) is 44.9 Å². The number of aliphatic hydroxyl groups is 1. The van der Waals surface area contributed by atoms with Crippen LogP contribution < -0.4 is 0 Å². The normalized spacial score (nSPS) is 23.3. The van der Waals surface area contributed by atoms with Gasteiger partial charge in [0.2, 0.25) is 0 Å². The topological polar surface area (TPSA) is 38.0 Å². The number of aliphatic hydroxyl groups excluding tert-OH is 1. The van der Waals surface area contributed by atoms with Crippen LogP contribution in [0.25, 0.3) is 11.0 Å². The Kier molecular flexibility index (Phi) is 4.06. The number of aryl methyl sites for hydroxylation is 1. The molecule has 20 heavy (non-hydrogen) atoms. The van der Waals surface area contributed by atoms with Crippen molar-refractivity contribution >= 4 is 11.0 Å². The predicted octanol–water partition coefficient (Wildman–Crippen LogP) is 3.54. The monoisotopic (exact) mass is 272 g/mol. The largest absolute Gasteiger partial charge is 0.393 e. The molecule has 3 heteroatoms. The molecule has 1 N–H and O–H groups in total. The Balaban J connectivity index is 1.91. The Morgan fingerprint density at radius 1 is 1.25 bits per heavy atom. The van der Waals surface area contributed by atoms with E-state index in [1.807, 2.05) is 6.07 Å². The number of hydrogen-bond acceptors (Lipinski definition) is 2. The number of para-hydroxylation sites is 2. The molecule has 3 rings (SSSR count). The molecule has 0 amide bonds. The SMILES string of the molecule is CCCn1c(CC2CCCCC2O)nc2ccccc21. The van der Waals surface area contributed by atoms with Gasteiger partial charge in [0.25, 0.3) is 0 Å². The molecule has 3 nitrogen and oxygen atoms in total. The van der Waals surface area contributed by atoms with Gasteiger partial charge < -0.3 is 9.67 Å². The lowest BCUT2D eigenvalue weighted by molar-refractivity contribution is 0.0686. The van der Waals surface area contributed by atoms with E-state index in [0.29, 0.717) is 5.92 Å². The van der Waals surface area contributed by atoms with Gasteiger partial charge in [0.05, 0.1) is 17.1 Å². The lowest BCUT2D eigenvalue weighted by Gasteiger charge is -2.27. The van der Waals surface area contributed by atoms with Crippen molar-refractivity contribution in [3.05, 3.63) is 30.1 Å². The molecule has 1 heterocycles. The van der Waals surface area contributed by atoms with Gasteiger partial charge in [-0.3, -0.25) is 0 Å². The first kappa shape index (κ1) is 13.6. The van der Waals surface area contributed by atoms with E-state index in [2.05, 4.69) is 29.7 Å². The Labute approximate surface area is 120 Å². The smallest absolute Gasteiger partial charge is 0.110 e. The van der Waals surface area contributed by atoms with Gasteiger partial charge in [-0.15, -0.1) is 0 Å². The van der Waals surface area contributed by atoms with Crippen LogP contribution in [-0.4, -0.2) is 20.8 Å². The maximum atomic E-state index is 10.2. The molecule has 1 fully saturated rings. The third-order valence-electron chi connectivity index (χ3n) is 4.49. The van der Waals surface area contributed by atoms with Gasteiger partial charge >= 0.3 is 0 Å². The molecule has 2 unspecified atom stereocenters. The van der Waals surface area contributed by atoms with E-state index in [1.165, 1.54) is 18.4 Å². The summed E-state index contributed by atoms with van der Waals surface area (Å²) in [6, 6.07) is 8.36. The molecule has 0 saturated heterocycles. The third-order valence-corrected chi connectivity index (χ3v) is 4.49. The maximum Gasteiger partial charge on any atom is 0.110 e. The second-order valence-electron chi connectivity index (χ2n) is 5.98. The van der Waals surface area contributed by atoms with Crippen LogP contribution in [0.15, 0.2) is 24.3 Å². The van der Waals surface area contributed by atoms with Crippen LogP contribution in [0.4, 0.5) is 0 Å². The lowest BCUT2D eigenvalue weighted by atomic mass is 9.84. The summed E-state index contributed by atoms with van der Waals surface area (Å²) in [6.07, 6.45) is 6.39. The summed E-state index contributed by atoms with van der Waals surface area (Å²) >= 11 is 0. The van der Waals surface area contributed by atoms with Gasteiger partial charge in [-0.25, -0.2) is 4.98 Å². The fraction of sp³-hybridized carbons (Fsp3) is 0.588. The van der Waals surface area contributed by atoms with E-state index in [0.717, 1.165) is 43.6 Å². The maximum absolute atomic E-state index is 10.2. The number of imidazole rings is 1. The molecule has 0 bridgehead atoms. The number of fused-ring (bicyclic) bond motifs is 1. The van der Waals surface area contributed by atoms with Crippen LogP contribution in [-0.2, 0) is 13.0 Å². The Morgan fingerprint density at radius 2 is 2.05 bits per heavy atom. The Bertz CT molecular complexity index is 575. The average molecular weight is 272 g/mol. The highest BCUT2D eigenvalue weighted by Crippen LogP contribution is 2.28. The molecule has 1 saturated carbocycles. The average Bonchev–Trinajstić information content (AvgIpc) is 2.80. The predicted molar refractivity (Wildman–Crippen MR) is 81.7 cm³/mol. The molecule has 0 spiro atoms. The van der Waals surface area contributed by atoms with Gasteiger partial charge in [-0.2, -0.15) is 0 Å². The van der Waals surface area contributed by atoms with E-state index in [-0.39, 0.29) is 6.10 Å². The van der Waals surface area contributed by atoms with Crippen molar-refractivity contribution in [3.8, 4) is 0 Å². The molecule has 1 aliphatic carbocycles. The van der Waals surface area contributed by atoms with Crippen molar-refractivity contribution in [1.82, 2.24) is 9.55 Å². The number of rotatable bonds is 4. The highest BCUT2D eigenvalue weighted by atomic mass is 16.3. The number of nitrogens with zero attached hydrogens (tertiary/aromatic N) is 2. The quantitative estimate of drug-likeness (QED) is 0.924. The van der Waals surface area contributed by atoms with E-state index in [9.17, 15) is 5.11 Å². The summed E-state index contributed by atoms with van der Waals surface area (Å²) in [5.41, 5.74) is 2.32. The second-order valence-corrected chi connectivity index (χ2v) is 5.98. The zero-order chi connectivity index (χ0) is 13.9. The minimum Gasteiger partial charge on any atom is -0.393 e. The molecule has 1 aromatic heterocycles. The fourth-order valence-electron chi connectivity index (χ4n) is 3.42. The van der Waals surface area contributed by atoms with Gasteiger partial charge in [0.1, 0.15) is 5.82 Å². The Hall–Kier alpha value is -1.35.